The molecule has 5 nitrogen and oxygen atoms in total. The number of rotatable bonds is 5. The van der Waals surface area contributed by atoms with Gasteiger partial charge in [0.1, 0.15) is 5.54 Å². The monoisotopic (exact) mass is 318 g/mol. The van der Waals surface area contributed by atoms with E-state index >= 15 is 0 Å². The molecule has 1 aliphatic rings. The lowest BCUT2D eigenvalue weighted by Crippen LogP contribution is -2.56. The second-order valence-corrected chi connectivity index (χ2v) is 6.72. The van der Waals surface area contributed by atoms with E-state index in [1.54, 1.807) is 24.0 Å². The van der Waals surface area contributed by atoms with Crippen LogP contribution in [0.3, 0.4) is 0 Å². The van der Waals surface area contributed by atoms with E-state index in [4.69, 9.17) is 0 Å². The molecule has 5 heteroatoms. The number of carbonyl (C=O) groups excluding carboxylic acids is 2. The number of amides is 2. The highest BCUT2D eigenvalue weighted by Crippen LogP contribution is 2.30. The van der Waals surface area contributed by atoms with Crippen molar-refractivity contribution in [1.29, 1.82) is 0 Å². The van der Waals surface area contributed by atoms with E-state index in [-0.39, 0.29) is 24.3 Å². The Kier molecular flexibility index (Phi) is 5.42. The van der Waals surface area contributed by atoms with Crippen molar-refractivity contribution in [2.24, 2.45) is 5.92 Å². The van der Waals surface area contributed by atoms with Crippen LogP contribution in [0.4, 0.5) is 0 Å². The van der Waals surface area contributed by atoms with Crippen LogP contribution in [0.2, 0.25) is 0 Å². The fourth-order valence-electron chi connectivity index (χ4n) is 2.88. The minimum Gasteiger partial charge on any atom is -0.391 e. The SMILES string of the molecule is CC(C)C(O)CNC(=O)C1(C)CCCN1C(=O)c1ccccc1. The molecule has 1 fully saturated rings. The molecule has 0 radical (unpaired) electrons. The number of aliphatic hydroxyl groups is 1. The molecule has 1 aromatic carbocycles. The molecule has 1 saturated heterocycles. The molecule has 2 rings (SSSR count). The fraction of sp³-hybridized carbons (Fsp3) is 0.556. The summed E-state index contributed by atoms with van der Waals surface area (Å²) >= 11 is 0. The predicted molar refractivity (Wildman–Crippen MR) is 89.0 cm³/mol. The molecule has 1 aliphatic heterocycles. The van der Waals surface area contributed by atoms with Gasteiger partial charge < -0.3 is 15.3 Å². The fourth-order valence-corrected chi connectivity index (χ4v) is 2.88. The minimum absolute atomic E-state index is 0.0775. The number of aliphatic hydroxyl groups excluding tert-OH is 1. The molecular formula is C18H26N2O3. The molecule has 2 atom stereocenters. The van der Waals surface area contributed by atoms with Crippen LogP contribution in [0.15, 0.2) is 30.3 Å². The molecular weight excluding hydrogens is 292 g/mol. The zero-order valence-corrected chi connectivity index (χ0v) is 14.1. The quantitative estimate of drug-likeness (QED) is 0.870. The lowest BCUT2D eigenvalue weighted by molar-refractivity contribution is -0.130. The van der Waals surface area contributed by atoms with Crippen molar-refractivity contribution in [1.82, 2.24) is 10.2 Å². The topological polar surface area (TPSA) is 69.6 Å². The Labute approximate surface area is 137 Å². The minimum atomic E-state index is -0.858. The summed E-state index contributed by atoms with van der Waals surface area (Å²) in [5.41, 5.74) is -0.264. The van der Waals surface area contributed by atoms with Gasteiger partial charge in [0.25, 0.3) is 5.91 Å². The number of benzene rings is 1. The first-order valence-corrected chi connectivity index (χ1v) is 8.19. The highest BCUT2D eigenvalue weighted by molar-refractivity contribution is 5.99. The first-order valence-electron chi connectivity index (χ1n) is 8.19. The molecule has 2 N–H and O–H groups in total. The van der Waals surface area contributed by atoms with Gasteiger partial charge >= 0.3 is 0 Å². The zero-order chi connectivity index (χ0) is 17.0. The van der Waals surface area contributed by atoms with Crippen LogP contribution < -0.4 is 5.32 Å². The molecule has 0 aromatic heterocycles. The van der Waals surface area contributed by atoms with E-state index in [2.05, 4.69) is 5.32 Å². The Morgan fingerprint density at radius 1 is 1.30 bits per heavy atom. The van der Waals surface area contributed by atoms with Gasteiger partial charge in [-0.15, -0.1) is 0 Å². The second kappa shape index (κ2) is 7.13. The van der Waals surface area contributed by atoms with Crippen molar-refractivity contribution in [3.05, 3.63) is 35.9 Å². The van der Waals surface area contributed by atoms with Crippen molar-refractivity contribution < 1.29 is 14.7 Å². The van der Waals surface area contributed by atoms with Crippen molar-refractivity contribution in [2.75, 3.05) is 13.1 Å². The third-order valence-corrected chi connectivity index (χ3v) is 4.64. The molecule has 1 aromatic rings. The summed E-state index contributed by atoms with van der Waals surface area (Å²) in [6.07, 6.45) is 0.854. The third kappa shape index (κ3) is 3.72. The largest absolute Gasteiger partial charge is 0.391 e. The number of hydrogen-bond acceptors (Lipinski definition) is 3. The summed E-state index contributed by atoms with van der Waals surface area (Å²) in [5, 5.41) is 12.7. The van der Waals surface area contributed by atoms with Gasteiger partial charge in [-0.05, 0) is 37.8 Å². The molecule has 0 aliphatic carbocycles. The number of likely N-dealkylation sites (tertiary alicyclic amines) is 1. The van der Waals surface area contributed by atoms with Gasteiger partial charge in [0.2, 0.25) is 5.91 Å². The van der Waals surface area contributed by atoms with E-state index in [9.17, 15) is 14.7 Å². The number of nitrogens with one attached hydrogen (secondary N) is 1. The van der Waals surface area contributed by atoms with Crippen LogP contribution in [0.5, 0.6) is 0 Å². The molecule has 2 unspecified atom stereocenters. The van der Waals surface area contributed by atoms with Crippen molar-refractivity contribution in [3.8, 4) is 0 Å². The Hall–Kier alpha value is -1.88. The summed E-state index contributed by atoms with van der Waals surface area (Å²) in [7, 11) is 0. The Morgan fingerprint density at radius 2 is 1.96 bits per heavy atom. The number of hydrogen-bond donors (Lipinski definition) is 2. The van der Waals surface area contributed by atoms with E-state index in [0.717, 1.165) is 6.42 Å². The predicted octanol–water partition coefficient (Wildman–Crippen LogP) is 1.81. The van der Waals surface area contributed by atoms with Gasteiger partial charge in [-0.2, -0.15) is 0 Å². The molecule has 0 spiro atoms. The standard InChI is InChI=1S/C18H26N2O3/c1-13(2)15(21)12-19-17(23)18(3)10-7-11-20(18)16(22)14-8-5-4-6-9-14/h4-6,8-9,13,15,21H,7,10-12H2,1-3H3,(H,19,23). The maximum atomic E-state index is 12.7. The molecule has 2 amide bonds. The molecule has 0 bridgehead atoms. The lowest BCUT2D eigenvalue weighted by Gasteiger charge is -2.34. The average molecular weight is 318 g/mol. The Bertz CT molecular complexity index is 559. The van der Waals surface area contributed by atoms with E-state index < -0.39 is 11.6 Å². The highest BCUT2D eigenvalue weighted by Gasteiger charge is 2.45. The summed E-state index contributed by atoms with van der Waals surface area (Å²) in [4.78, 5) is 27.0. The van der Waals surface area contributed by atoms with E-state index in [1.807, 2.05) is 32.0 Å². The molecule has 0 saturated carbocycles. The zero-order valence-electron chi connectivity index (χ0n) is 14.1. The molecule has 1 heterocycles. The lowest BCUT2D eigenvalue weighted by atomic mass is 9.96. The number of carbonyl (C=O) groups is 2. The van der Waals surface area contributed by atoms with Gasteiger partial charge in [-0.1, -0.05) is 32.0 Å². The van der Waals surface area contributed by atoms with Crippen LogP contribution in [-0.2, 0) is 4.79 Å². The molecule has 23 heavy (non-hydrogen) atoms. The van der Waals surface area contributed by atoms with Crippen molar-refractivity contribution >= 4 is 11.8 Å². The van der Waals surface area contributed by atoms with E-state index in [1.165, 1.54) is 0 Å². The molecule has 126 valence electrons. The van der Waals surface area contributed by atoms with Gasteiger partial charge in [-0.25, -0.2) is 0 Å². The third-order valence-electron chi connectivity index (χ3n) is 4.64. The van der Waals surface area contributed by atoms with Gasteiger partial charge in [0.15, 0.2) is 0 Å². The van der Waals surface area contributed by atoms with Crippen LogP contribution in [-0.4, -0.2) is 46.6 Å². The maximum absolute atomic E-state index is 12.7. The van der Waals surface area contributed by atoms with Gasteiger partial charge in [0.05, 0.1) is 6.10 Å². The highest BCUT2D eigenvalue weighted by atomic mass is 16.3. The second-order valence-electron chi connectivity index (χ2n) is 6.72. The number of nitrogens with zero attached hydrogens (tertiary/aromatic N) is 1. The van der Waals surface area contributed by atoms with Crippen LogP contribution in [0, 0.1) is 5.92 Å². The Balaban J connectivity index is 2.09. The normalized spacial score (nSPS) is 22.2. The summed E-state index contributed by atoms with van der Waals surface area (Å²) < 4.78 is 0. The first-order chi connectivity index (χ1) is 10.9. The summed E-state index contributed by atoms with van der Waals surface area (Å²) in [6.45, 7) is 6.39. The Morgan fingerprint density at radius 3 is 2.57 bits per heavy atom. The summed E-state index contributed by atoms with van der Waals surface area (Å²) in [6, 6.07) is 9.03. The van der Waals surface area contributed by atoms with Crippen LogP contribution in [0.1, 0.15) is 44.0 Å². The average Bonchev–Trinajstić information content (AvgIpc) is 2.95. The first kappa shape index (κ1) is 17.5. The summed E-state index contributed by atoms with van der Waals surface area (Å²) in [5.74, 6) is -0.238. The van der Waals surface area contributed by atoms with Crippen LogP contribution in [0.25, 0.3) is 0 Å². The maximum Gasteiger partial charge on any atom is 0.254 e. The van der Waals surface area contributed by atoms with Gasteiger partial charge in [-0.3, -0.25) is 9.59 Å². The van der Waals surface area contributed by atoms with E-state index in [0.29, 0.717) is 18.5 Å². The van der Waals surface area contributed by atoms with Crippen molar-refractivity contribution in [2.45, 2.75) is 45.3 Å². The van der Waals surface area contributed by atoms with Gasteiger partial charge in [0, 0.05) is 18.7 Å². The smallest absolute Gasteiger partial charge is 0.254 e. The van der Waals surface area contributed by atoms with Crippen molar-refractivity contribution in [3.63, 3.8) is 0 Å². The van der Waals surface area contributed by atoms with Crippen LogP contribution >= 0.6 is 0 Å².